The number of thiazole rings is 1. The number of methoxy groups -OCH3 is 1. The fraction of sp³-hybridized carbons (Fsp3) is 0.389. The molecular weight excluding hydrogens is 356 g/mol. The van der Waals surface area contributed by atoms with Gasteiger partial charge >= 0.3 is 5.97 Å². The first kappa shape index (κ1) is 19.7. The van der Waals surface area contributed by atoms with E-state index in [1.165, 1.54) is 24.5 Å². The minimum Gasteiger partial charge on any atom is -0.493 e. The Labute approximate surface area is 156 Å². The molecule has 1 aromatic heterocycles. The SMILES string of the molecule is COc1cc(C(=O)N[C@H](CC(C)C)C(=O)O)ccc1OCc1cscn1. The summed E-state index contributed by atoms with van der Waals surface area (Å²) in [6.45, 7) is 4.10. The molecule has 2 N–H and O–H groups in total. The molecular formula is C18H22N2O5S. The Kier molecular flexibility index (Phi) is 6.97. The maximum atomic E-state index is 12.4. The van der Waals surface area contributed by atoms with Crippen molar-refractivity contribution in [1.82, 2.24) is 10.3 Å². The molecule has 8 heteroatoms. The highest BCUT2D eigenvalue weighted by Crippen LogP contribution is 2.29. The normalized spacial score (nSPS) is 11.8. The van der Waals surface area contributed by atoms with E-state index in [0.29, 0.717) is 30.1 Å². The maximum Gasteiger partial charge on any atom is 0.326 e. The molecule has 2 rings (SSSR count). The Hall–Kier alpha value is -2.61. The largest absolute Gasteiger partial charge is 0.493 e. The molecule has 7 nitrogen and oxygen atoms in total. The van der Waals surface area contributed by atoms with Crippen LogP contribution in [0, 0.1) is 5.92 Å². The van der Waals surface area contributed by atoms with Crippen molar-refractivity contribution in [1.29, 1.82) is 0 Å². The van der Waals surface area contributed by atoms with Gasteiger partial charge in [0, 0.05) is 10.9 Å². The molecule has 140 valence electrons. The van der Waals surface area contributed by atoms with Crippen LogP contribution >= 0.6 is 11.3 Å². The third-order valence-electron chi connectivity index (χ3n) is 3.60. The molecule has 26 heavy (non-hydrogen) atoms. The predicted molar refractivity (Wildman–Crippen MR) is 97.8 cm³/mol. The summed E-state index contributed by atoms with van der Waals surface area (Å²) in [5, 5.41) is 13.7. The summed E-state index contributed by atoms with van der Waals surface area (Å²) in [5.74, 6) is -0.505. The fourth-order valence-electron chi connectivity index (χ4n) is 2.32. The molecule has 0 aliphatic rings. The van der Waals surface area contributed by atoms with Crippen molar-refractivity contribution in [3.05, 3.63) is 40.3 Å². The van der Waals surface area contributed by atoms with Crippen molar-refractivity contribution in [2.75, 3.05) is 7.11 Å². The van der Waals surface area contributed by atoms with Crippen molar-refractivity contribution in [2.24, 2.45) is 5.92 Å². The first-order chi connectivity index (χ1) is 12.4. The van der Waals surface area contributed by atoms with E-state index in [9.17, 15) is 14.7 Å². The highest BCUT2D eigenvalue weighted by molar-refractivity contribution is 7.07. The first-order valence-electron chi connectivity index (χ1n) is 8.12. The van der Waals surface area contributed by atoms with E-state index in [0.717, 1.165) is 5.69 Å². The minimum atomic E-state index is -1.05. The molecule has 1 heterocycles. The number of carboxylic acids is 1. The number of benzene rings is 1. The number of hydrogen-bond acceptors (Lipinski definition) is 6. The molecule has 0 bridgehead atoms. The molecule has 0 spiro atoms. The molecule has 0 aliphatic heterocycles. The monoisotopic (exact) mass is 378 g/mol. The average molecular weight is 378 g/mol. The van der Waals surface area contributed by atoms with Crippen LogP contribution in [0.1, 0.15) is 36.3 Å². The van der Waals surface area contributed by atoms with Gasteiger partial charge < -0.3 is 19.9 Å². The topological polar surface area (TPSA) is 97.8 Å². The Morgan fingerprint density at radius 1 is 1.31 bits per heavy atom. The van der Waals surface area contributed by atoms with Crippen LogP contribution in [0.25, 0.3) is 0 Å². The number of hydrogen-bond donors (Lipinski definition) is 2. The zero-order valence-electron chi connectivity index (χ0n) is 14.9. The fourth-order valence-corrected chi connectivity index (χ4v) is 2.87. The van der Waals surface area contributed by atoms with Crippen LogP contribution in [0.5, 0.6) is 11.5 Å². The van der Waals surface area contributed by atoms with Gasteiger partial charge in [-0.3, -0.25) is 4.79 Å². The number of nitrogens with one attached hydrogen (secondary N) is 1. The van der Waals surface area contributed by atoms with Gasteiger partial charge in [-0.25, -0.2) is 9.78 Å². The number of nitrogens with zero attached hydrogens (tertiary/aromatic N) is 1. The first-order valence-corrected chi connectivity index (χ1v) is 9.06. The summed E-state index contributed by atoms with van der Waals surface area (Å²) in [4.78, 5) is 27.8. The second-order valence-electron chi connectivity index (χ2n) is 6.13. The molecule has 0 saturated carbocycles. The van der Waals surface area contributed by atoms with Gasteiger partial charge in [0.25, 0.3) is 5.91 Å². The second kappa shape index (κ2) is 9.19. The van der Waals surface area contributed by atoms with Crippen molar-refractivity contribution in [3.8, 4) is 11.5 Å². The van der Waals surface area contributed by atoms with Gasteiger partial charge in [0.2, 0.25) is 0 Å². The van der Waals surface area contributed by atoms with Crippen LogP contribution in [-0.2, 0) is 11.4 Å². The van der Waals surface area contributed by atoms with Crippen molar-refractivity contribution >= 4 is 23.2 Å². The maximum absolute atomic E-state index is 12.4. The Balaban J connectivity index is 2.09. The lowest BCUT2D eigenvalue weighted by molar-refractivity contribution is -0.139. The number of ether oxygens (including phenoxy) is 2. The van der Waals surface area contributed by atoms with E-state index in [1.54, 1.807) is 17.6 Å². The Morgan fingerprint density at radius 2 is 2.08 bits per heavy atom. The number of aromatic nitrogens is 1. The van der Waals surface area contributed by atoms with E-state index < -0.39 is 17.9 Å². The van der Waals surface area contributed by atoms with E-state index in [4.69, 9.17) is 9.47 Å². The summed E-state index contributed by atoms with van der Waals surface area (Å²) < 4.78 is 11.0. The lowest BCUT2D eigenvalue weighted by Gasteiger charge is -2.17. The summed E-state index contributed by atoms with van der Waals surface area (Å²) in [6, 6.07) is 3.79. The highest BCUT2D eigenvalue weighted by Gasteiger charge is 2.22. The lowest BCUT2D eigenvalue weighted by Crippen LogP contribution is -2.41. The number of amides is 1. The van der Waals surface area contributed by atoms with Crippen LogP contribution in [0.4, 0.5) is 0 Å². The zero-order chi connectivity index (χ0) is 19.1. The van der Waals surface area contributed by atoms with E-state index in [1.807, 2.05) is 19.2 Å². The number of carbonyl (C=O) groups is 2. The molecule has 2 aromatic rings. The van der Waals surface area contributed by atoms with Crippen LogP contribution in [0.2, 0.25) is 0 Å². The molecule has 0 unspecified atom stereocenters. The van der Waals surface area contributed by atoms with Crippen LogP contribution in [-0.4, -0.2) is 35.1 Å². The highest BCUT2D eigenvalue weighted by atomic mass is 32.1. The van der Waals surface area contributed by atoms with Gasteiger partial charge in [-0.1, -0.05) is 13.8 Å². The third-order valence-corrected chi connectivity index (χ3v) is 4.23. The van der Waals surface area contributed by atoms with Crippen LogP contribution < -0.4 is 14.8 Å². The quantitative estimate of drug-likeness (QED) is 0.696. The van der Waals surface area contributed by atoms with E-state index in [-0.39, 0.29) is 5.92 Å². The van der Waals surface area contributed by atoms with Crippen LogP contribution in [0.15, 0.2) is 29.1 Å². The number of carboxylic acid groups (broad SMARTS) is 1. The van der Waals surface area contributed by atoms with Crippen LogP contribution in [0.3, 0.4) is 0 Å². The summed E-state index contributed by atoms with van der Waals surface area (Å²) in [7, 11) is 1.48. The predicted octanol–water partition coefficient (Wildman–Crippen LogP) is 2.96. The molecule has 1 atom stereocenters. The number of aliphatic carboxylic acids is 1. The van der Waals surface area contributed by atoms with Crippen molar-refractivity contribution < 1.29 is 24.2 Å². The van der Waals surface area contributed by atoms with Gasteiger partial charge in [-0.05, 0) is 30.5 Å². The Bertz CT molecular complexity index is 746. The third kappa shape index (κ3) is 5.45. The molecule has 0 saturated heterocycles. The van der Waals surface area contributed by atoms with Crippen molar-refractivity contribution in [2.45, 2.75) is 32.9 Å². The molecule has 0 aliphatic carbocycles. The smallest absolute Gasteiger partial charge is 0.326 e. The Morgan fingerprint density at radius 3 is 2.65 bits per heavy atom. The minimum absolute atomic E-state index is 0.146. The zero-order valence-corrected chi connectivity index (χ0v) is 15.7. The molecule has 0 fully saturated rings. The molecule has 1 amide bonds. The van der Waals surface area contributed by atoms with Gasteiger partial charge in [-0.15, -0.1) is 11.3 Å². The van der Waals surface area contributed by atoms with Gasteiger partial charge in [0.15, 0.2) is 11.5 Å². The van der Waals surface area contributed by atoms with Gasteiger partial charge in [-0.2, -0.15) is 0 Å². The molecule has 0 radical (unpaired) electrons. The van der Waals surface area contributed by atoms with E-state index in [2.05, 4.69) is 10.3 Å². The lowest BCUT2D eigenvalue weighted by atomic mass is 10.0. The second-order valence-corrected chi connectivity index (χ2v) is 6.85. The standard InChI is InChI=1S/C18H22N2O5S/c1-11(2)6-14(18(22)23)20-17(21)12-4-5-15(16(7-12)24-3)25-8-13-9-26-10-19-13/h4-5,7,9-11,14H,6,8H2,1-3H3,(H,20,21)(H,22,23)/t14-/m1/s1. The van der Waals surface area contributed by atoms with Gasteiger partial charge in [0.05, 0.1) is 18.3 Å². The summed E-state index contributed by atoms with van der Waals surface area (Å²) in [5.41, 5.74) is 2.83. The number of rotatable bonds is 9. The molecule has 1 aromatic carbocycles. The summed E-state index contributed by atoms with van der Waals surface area (Å²) >= 11 is 1.48. The summed E-state index contributed by atoms with van der Waals surface area (Å²) in [6.07, 6.45) is 0.354. The van der Waals surface area contributed by atoms with Gasteiger partial charge in [0.1, 0.15) is 12.6 Å². The number of carbonyl (C=O) groups excluding carboxylic acids is 1. The average Bonchev–Trinajstić information content (AvgIpc) is 3.12. The van der Waals surface area contributed by atoms with E-state index >= 15 is 0 Å². The van der Waals surface area contributed by atoms with Crippen molar-refractivity contribution in [3.63, 3.8) is 0 Å².